The van der Waals surface area contributed by atoms with Gasteiger partial charge in [-0.2, -0.15) is 0 Å². The zero-order valence-corrected chi connectivity index (χ0v) is 20.1. The number of alkyl carbamates (subject to hydrolysis) is 1. The Labute approximate surface area is 202 Å². The van der Waals surface area contributed by atoms with Gasteiger partial charge in [0.2, 0.25) is 17.4 Å². The lowest BCUT2D eigenvalue weighted by Gasteiger charge is -2.32. The molecule has 1 aromatic rings. The first-order chi connectivity index (χ1) is 15.9. The van der Waals surface area contributed by atoms with Crippen LogP contribution in [0.5, 0.6) is 0 Å². The van der Waals surface area contributed by atoms with Gasteiger partial charge >= 0.3 is 12.1 Å². The van der Waals surface area contributed by atoms with Crippen molar-refractivity contribution in [3.05, 3.63) is 59.2 Å². The van der Waals surface area contributed by atoms with Gasteiger partial charge < -0.3 is 20.1 Å². The van der Waals surface area contributed by atoms with Crippen molar-refractivity contribution in [3.8, 4) is 0 Å². The number of benzene rings is 1. The van der Waals surface area contributed by atoms with Gasteiger partial charge in [0.05, 0.1) is 13.2 Å². The third-order valence-electron chi connectivity index (χ3n) is 4.80. The third-order valence-corrected chi connectivity index (χ3v) is 5.04. The zero-order chi connectivity index (χ0) is 25.5. The highest BCUT2D eigenvalue weighted by Crippen LogP contribution is 2.31. The minimum absolute atomic E-state index is 0.00796. The largest absolute Gasteiger partial charge is 0.469 e. The average Bonchev–Trinajstić information content (AvgIpc) is 2.76. The van der Waals surface area contributed by atoms with E-state index in [1.807, 2.05) is 0 Å². The normalized spacial score (nSPS) is 20.5. The molecule has 0 aromatic heterocycles. The molecule has 8 nitrogen and oxygen atoms in total. The van der Waals surface area contributed by atoms with E-state index in [9.17, 15) is 19.2 Å². The number of esters is 1. The van der Waals surface area contributed by atoms with Crippen molar-refractivity contribution < 1.29 is 33.0 Å². The summed E-state index contributed by atoms with van der Waals surface area (Å²) in [4.78, 5) is 49.9. The summed E-state index contributed by atoms with van der Waals surface area (Å²) in [5.41, 5.74) is -3.42. The van der Waals surface area contributed by atoms with Crippen molar-refractivity contribution in [1.29, 1.82) is 0 Å². The molecule has 0 spiro atoms. The molecule has 2 unspecified atom stereocenters. The second-order valence-electron chi connectivity index (χ2n) is 8.65. The molecule has 2 amide bonds. The lowest BCUT2D eigenvalue weighted by molar-refractivity contribution is -0.141. The van der Waals surface area contributed by atoms with Crippen molar-refractivity contribution in [2.75, 3.05) is 7.11 Å². The second kappa shape index (κ2) is 11.3. The highest BCUT2D eigenvalue weighted by molar-refractivity contribution is 6.31. The summed E-state index contributed by atoms with van der Waals surface area (Å²) in [6.07, 6.45) is 2.31. The fourth-order valence-corrected chi connectivity index (χ4v) is 3.41. The molecule has 0 heterocycles. The van der Waals surface area contributed by atoms with Crippen LogP contribution in [0, 0.1) is 0 Å². The molecule has 3 atom stereocenters. The quantitative estimate of drug-likeness (QED) is 0.422. The van der Waals surface area contributed by atoms with E-state index < -0.39 is 47.1 Å². The summed E-state index contributed by atoms with van der Waals surface area (Å²) in [6.45, 7) is 4.93. The van der Waals surface area contributed by atoms with Crippen LogP contribution in [0.15, 0.2) is 53.6 Å². The summed E-state index contributed by atoms with van der Waals surface area (Å²) in [6, 6.07) is 5.07. The van der Waals surface area contributed by atoms with Crippen LogP contribution >= 0.6 is 11.6 Å². The molecule has 0 bridgehead atoms. The molecule has 10 heteroatoms. The second-order valence-corrected chi connectivity index (χ2v) is 9.09. The fourth-order valence-electron chi connectivity index (χ4n) is 3.17. The number of carbonyl (C=O) groups is 4. The number of carbonyl (C=O) groups excluding carboxylic acids is 4. The van der Waals surface area contributed by atoms with E-state index in [-0.39, 0.29) is 23.4 Å². The van der Waals surface area contributed by atoms with E-state index in [0.717, 1.165) is 6.08 Å². The van der Waals surface area contributed by atoms with Crippen LogP contribution in [-0.2, 0) is 19.1 Å². The molecule has 0 saturated carbocycles. The van der Waals surface area contributed by atoms with Gasteiger partial charge in [-0.25, -0.2) is 9.18 Å². The molecule has 0 aliphatic heterocycles. The molecular weight excluding hydrogens is 467 g/mol. The average molecular weight is 495 g/mol. The van der Waals surface area contributed by atoms with E-state index >= 15 is 4.39 Å². The first-order valence-corrected chi connectivity index (χ1v) is 11.0. The van der Waals surface area contributed by atoms with E-state index in [0.29, 0.717) is 0 Å². The van der Waals surface area contributed by atoms with Crippen molar-refractivity contribution in [1.82, 2.24) is 10.6 Å². The Kier molecular flexibility index (Phi) is 8.98. The number of hydrogen-bond acceptors (Lipinski definition) is 6. The number of ketones is 1. The molecule has 184 valence electrons. The Morgan fingerprint density at radius 1 is 1.18 bits per heavy atom. The molecule has 0 saturated heterocycles. The van der Waals surface area contributed by atoms with Gasteiger partial charge in [-0.3, -0.25) is 14.4 Å². The maximum absolute atomic E-state index is 16.1. The van der Waals surface area contributed by atoms with Crippen LogP contribution < -0.4 is 10.6 Å². The van der Waals surface area contributed by atoms with Crippen LogP contribution in [0.25, 0.3) is 0 Å². The SMILES string of the molecule is COC(=O)CC[C@H](NC(=O)OC(C)(C)C)C(=O)NC1C=CC(Cl)=CC1(F)C(=O)c1ccccc1. The van der Waals surface area contributed by atoms with Crippen molar-refractivity contribution in [2.24, 2.45) is 0 Å². The smallest absolute Gasteiger partial charge is 0.408 e. The van der Waals surface area contributed by atoms with Gasteiger partial charge in [0.15, 0.2) is 0 Å². The Balaban J connectivity index is 2.26. The maximum atomic E-state index is 16.1. The van der Waals surface area contributed by atoms with Crippen LogP contribution in [0.4, 0.5) is 9.18 Å². The summed E-state index contributed by atoms with van der Waals surface area (Å²) < 4.78 is 25.8. The number of Topliss-reactive ketones (excluding diaryl/α,β-unsaturated/α-hetero) is 1. The Bertz CT molecular complexity index is 989. The molecule has 1 aliphatic carbocycles. The van der Waals surface area contributed by atoms with Crippen molar-refractivity contribution in [2.45, 2.75) is 57.0 Å². The predicted molar refractivity (Wildman–Crippen MR) is 124 cm³/mol. The number of halogens is 2. The highest BCUT2D eigenvalue weighted by Gasteiger charge is 2.46. The van der Waals surface area contributed by atoms with Crippen LogP contribution in [0.2, 0.25) is 0 Å². The van der Waals surface area contributed by atoms with E-state index in [2.05, 4.69) is 15.4 Å². The number of ether oxygens (including phenoxy) is 2. The first kappa shape index (κ1) is 27.0. The molecule has 1 aromatic carbocycles. The minimum atomic E-state index is -2.68. The van der Waals surface area contributed by atoms with Crippen LogP contribution in [0.1, 0.15) is 44.0 Å². The van der Waals surface area contributed by atoms with Crippen molar-refractivity contribution >= 4 is 35.4 Å². The minimum Gasteiger partial charge on any atom is -0.469 e. The molecule has 0 fully saturated rings. The monoisotopic (exact) mass is 494 g/mol. The Morgan fingerprint density at radius 3 is 2.41 bits per heavy atom. The molecular formula is C24H28ClFN2O6. The summed E-state index contributed by atoms with van der Waals surface area (Å²) in [7, 11) is 1.19. The fraction of sp³-hybridized carbons (Fsp3) is 0.417. The lowest BCUT2D eigenvalue weighted by atomic mass is 9.84. The van der Waals surface area contributed by atoms with Crippen molar-refractivity contribution in [3.63, 3.8) is 0 Å². The van der Waals surface area contributed by atoms with Crippen LogP contribution in [-0.4, -0.2) is 54.2 Å². The highest BCUT2D eigenvalue weighted by atomic mass is 35.5. The van der Waals surface area contributed by atoms with E-state index in [4.69, 9.17) is 16.3 Å². The zero-order valence-electron chi connectivity index (χ0n) is 19.4. The predicted octanol–water partition coefficient (Wildman–Crippen LogP) is 3.60. The molecule has 2 rings (SSSR count). The molecule has 1 aliphatic rings. The summed E-state index contributed by atoms with van der Waals surface area (Å²) in [5.74, 6) is -2.32. The third kappa shape index (κ3) is 7.41. The Hall–Kier alpha value is -3.20. The van der Waals surface area contributed by atoms with E-state index in [1.165, 1.54) is 31.4 Å². The van der Waals surface area contributed by atoms with Crippen LogP contribution in [0.3, 0.4) is 0 Å². The lowest BCUT2D eigenvalue weighted by Crippen LogP contribution is -2.58. The molecule has 2 N–H and O–H groups in total. The summed E-state index contributed by atoms with van der Waals surface area (Å²) >= 11 is 5.97. The number of allylic oxidation sites excluding steroid dienone is 2. The number of rotatable bonds is 8. The first-order valence-electron chi connectivity index (χ1n) is 10.6. The van der Waals surface area contributed by atoms with Gasteiger partial charge in [-0.1, -0.05) is 48.0 Å². The van der Waals surface area contributed by atoms with Gasteiger partial charge in [-0.05, 0) is 39.3 Å². The van der Waals surface area contributed by atoms with Gasteiger partial charge in [0.1, 0.15) is 11.6 Å². The summed E-state index contributed by atoms with van der Waals surface area (Å²) in [5, 5.41) is 4.82. The number of methoxy groups -OCH3 is 1. The number of alkyl halides is 1. The molecule has 0 radical (unpaired) electrons. The standard InChI is InChI=1S/C24H28ClFN2O6/c1-23(2,3)34-22(32)27-17(11-13-19(29)33-4)21(31)28-18-12-10-16(25)14-24(18,26)20(30)15-8-6-5-7-9-15/h5-10,12,14,17-18H,11,13H2,1-4H3,(H,27,32)(H,28,31)/t17-,18?,24?/m0/s1. The maximum Gasteiger partial charge on any atom is 0.408 e. The van der Waals surface area contributed by atoms with Gasteiger partial charge in [0.25, 0.3) is 0 Å². The number of amides is 2. The number of hydrogen-bond donors (Lipinski definition) is 2. The van der Waals surface area contributed by atoms with Gasteiger partial charge in [0, 0.05) is 17.0 Å². The van der Waals surface area contributed by atoms with E-state index in [1.54, 1.807) is 39.0 Å². The molecule has 34 heavy (non-hydrogen) atoms. The topological polar surface area (TPSA) is 111 Å². The van der Waals surface area contributed by atoms with Gasteiger partial charge in [-0.15, -0.1) is 0 Å². The Morgan fingerprint density at radius 2 is 1.82 bits per heavy atom. The number of nitrogens with one attached hydrogen (secondary N) is 2.